The molecule has 20 heavy (non-hydrogen) atoms. The minimum Gasteiger partial charge on any atom is -0.375 e. The molecule has 4 heteroatoms. The molecule has 1 aliphatic carbocycles. The molecule has 106 valence electrons. The number of rotatable bonds is 3. The maximum Gasteiger partial charge on any atom is 0.146 e. The minimum atomic E-state index is -0.262. The van der Waals surface area contributed by atoms with Gasteiger partial charge in [-0.2, -0.15) is 0 Å². The average Bonchev–Trinajstić information content (AvgIpc) is 2.87. The maximum atomic E-state index is 13.8. The third-order valence-corrected chi connectivity index (χ3v) is 5.40. The van der Waals surface area contributed by atoms with Gasteiger partial charge in [0.2, 0.25) is 0 Å². The summed E-state index contributed by atoms with van der Waals surface area (Å²) < 4.78 is 13.8. The first-order valence-electron chi connectivity index (χ1n) is 6.96. The number of halogens is 2. The van der Waals surface area contributed by atoms with Crippen molar-refractivity contribution in [3.8, 4) is 0 Å². The lowest BCUT2D eigenvalue weighted by atomic mass is 9.99. The molecule has 1 aliphatic rings. The lowest BCUT2D eigenvalue weighted by Crippen LogP contribution is -2.06. The monoisotopic (exact) mass is 309 g/mol. The molecule has 0 saturated carbocycles. The molecule has 1 N–H and O–H groups in total. The molecule has 0 aliphatic heterocycles. The predicted molar refractivity (Wildman–Crippen MR) is 84.4 cm³/mol. The fraction of sp³-hybridized carbons (Fsp3) is 0.375. The van der Waals surface area contributed by atoms with E-state index < -0.39 is 0 Å². The second-order valence-electron chi connectivity index (χ2n) is 5.29. The molecule has 3 rings (SSSR count). The quantitative estimate of drug-likeness (QED) is 0.779. The molecule has 1 atom stereocenters. The van der Waals surface area contributed by atoms with Crippen LogP contribution in [0.2, 0.25) is 5.02 Å². The zero-order valence-corrected chi connectivity index (χ0v) is 13.0. The first-order valence-corrected chi connectivity index (χ1v) is 8.16. The van der Waals surface area contributed by atoms with Crippen LogP contribution in [0.15, 0.2) is 24.3 Å². The van der Waals surface area contributed by atoms with Gasteiger partial charge in [0.15, 0.2) is 0 Å². The zero-order valence-electron chi connectivity index (χ0n) is 11.4. The fourth-order valence-corrected chi connectivity index (χ4v) is 4.07. The van der Waals surface area contributed by atoms with Crippen molar-refractivity contribution >= 4 is 28.6 Å². The van der Waals surface area contributed by atoms with Crippen molar-refractivity contribution in [3.63, 3.8) is 0 Å². The molecule has 1 nitrogen and oxygen atoms in total. The Morgan fingerprint density at radius 2 is 2.05 bits per heavy atom. The van der Waals surface area contributed by atoms with Gasteiger partial charge in [-0.05, 0) is 62.4 Å². The van der Waals surface area contributed by atoms with Gasteiger partial charge in [-0.3, -0.25) is 0 Å². The highest BCUT2D eigenvalue weighted by Gasteiger charge is 2.17. The van der Waals surface area contributed by atoms with E-state index in [1.54, 1.807) is 12.1 Å². The number of nitrogens with one attached hydrogen (secondary N) is 1. The Morgan fingerprint density at radius 1 is 1.25 bits per heavy atom. The fourth-order valence-electron chi connectivity index (χ4n) is 2.64. The number of thiophene rings is 1. The van der Waals surface area contributed by atoms with E-state index in [1.165, 1.54) is 47.1 Å². The molecule has 0 spiro atoms. The molecular weight excluding hydrogens is 293 g/mol. The van der Waals surface area contributed by atoms with Crippen LogP contribution in [0.25, 0.3) is 0 Å². The summed E-state index contributed by atoms with van der Waals surface area (Å²) in [5.74, 6) is -0.262. The van der Waals surface area contributed by atoms with Crippen LogP contribution in [-0.2, 0) is 12.8 Å². The summed E-state index contributed by atoms with van der Waals surface area (Å²) in [7, 11) is 0. The highest BCUT2D eigenvalue weighted by atomic mass is 35.5. The van der Waals surface area contributed by atoms with Crippen LogP contribution in [0.5, 0.6) is 0 Å². The van der Waals surface area contributed by atoms with Crippen LogP contribution in [0.1, 0.15) is 41.1 Å². The van der Waals surface area contributed by atoms with E-state index in [1.807, 2.05) is 11.3 Å². The van der Waals surface area contributed by atoms with E-state index in [9.17, 15) is 4.39 Å². The molecule has 1 aromatic carbocycles. The third kappa shape index (κ3) is 2.84. The summed E-state index contributed by atoms with van der Waals surface area (Å²) in [4.78, 5) is 2.78. The molecule has 0 bridgehead atoms. The summed E-state index contributed by atoms with van der Waals surface area (Å²) in [6.07, 6.45) is 4.95. The average molecular weight is 310 g/mol. The van der Waals surface area contributed by atoms with Gasteiger partial charge in [0.25, 0.3) is 0 Å². The Morgan fingerprint density at radius 3 is 2.85 bits per heavy atom. The summed E-state index contributed by atoms with van der Waals surface area (Å²) in [6, 6.07) is 6.98. The number of benzene rings is 1. The Kier molecular flexibility index (Phi) is 3.99. The number of anilines is 1. The van der Waals surface area contributed by atoms with Crippen molar-refractivity contribution in [1.82, 2.24) is 0 Å². The molecule has 0 radical (unpaired) electrons. The Hall–Kier alpha value is -1.06. The first kappa shape index (κ1) is 13.9. The second-order valence-corrected chi connectivity index (χ2v) is 6.90. The molecule has 1 heterocycles. The minimum absolute atomic E-state index is 0.0959. The molecule has 1 unspecified atom stereocenters. The van der Waals surface area contributed by atoms with Crippen LogP contribution in [-0.4, -0.2) is 0 Å². The second kappa shape index (κ2) is 5.74. The molecule has 1 aromatic heterocycles. The van der Waals surface area contributed by atoms with E-state index >= 15 is 0 Å². The lowest BCUT2D eigenvalue weighted by molar-refractivity contribution is 0.628. The largest absolute Gasteiger partial charge is 0.375 e. The van der Waals surface area contributed by atoms with E-state index in [-0.39, 0.29) is 11.9 Å². The Bertz CT molecular complexity index is 599. The van der Waals surface area contributed by atoms with Gasteiger partial charge in [-0.25, -0.2) is 4.39 Å². The zero-order chi connectivity index (χ0) is 14.1. The first-order chi connectivity index (χ1) is 9.63. The van der Waals surface area contributed by atoms with E-state index in [0.29, 0.717) is 10.7 Å². The van der Waals surface area contributed by atoms with Crippen LogP contribution in [0.4, 0.5) is 10.1 Å². The number of hydrogen-bond acceptors (Lipinski definition) is 2. The number of hydrogen-bond donors (Lipinski definition) is 1. The van der Waals surface area contributed by atoms with Crippen molar-refractivity contribution in [1.29, 1.82) is 0 Å². The smallest absolute Gasteiger partial charge is 0.146 e. The van der Waals surface area contributed by atoms with Crippen molar-refractivity contribution < 1.29 is 4.39 Å². The maximum absolute atomic E-state index is 13.8. The normalized spacial score (nSPS) is 15.8. The summed E-state index contributed by atoms with van der Waals surface area (Å²) in [5.41, 5.74) is 1.95. The summed E-state index contributed by atoms with van der Waals surface area (Å²) in [6.45, 7) is 2.07. The highest BCUT2D eigenvalue weighted by molar-refractivity contribution is 7.12. The van der Waals surface area contributed by atoms with Gasteiger partial charge < -0.3 is 5.32 Å². The van der Waals surface area contributed by atoms with Gasteiger partial charge in [-0.15, -0.1) is 11.3 Å². The molecule has 2 aromatic rings. The third-order valence-electron chi connectivity index (χ3n) is 3.74. The standard InChI is InChI=1S/C16H17ClFNS/c1-10(19-14-9-12(17)6-7-13(14)18)16-8-11-4-2-3-5-15(11)20-16/h6-10,19H,2-5H2,1H3. The topological polar surface area (TPSA) is 12.0 Å². The van der Waals surface area contributed by atoms with Gasteiger partial charge in [0.05, 0.1) is 11.7 Å². The van der Waals surface area contributed by atoms with Gasteiger partial charge >= 0.3 is 0 Å². The van der Waals surface area contributed by atoms with Crippen molar-refractivity contribution in [3.05, 3.63) is 50.4 Å². The van der Waals surface area contributed by atoms with Crippen molar-refractivity contribution in [2.75, 3.05) is 5.32 Å². The van der Waals surface area contributed by atoms with E-state index in [4.69, 9.17) is 11.6 Å². The number of aryl methyl sites for hydroxylation is 2. The van der Waals surface area contributed by atoms with Crippen LogP contribution in [0.3, 0.4) is 0 Å². The van der Waals surface area contributed by atoms with Gasteiger partial charge in [-0.1, -0.05) is 11.6 Å². The predicted octanol–water partition coefficient (Wildman–Crippen LogP) is 5.59. The highest BCUT2D eigenvalue weighted by Crippen LogP contribution is 2.34. The van der Waals surface area contributed by atoms with Gasteiger partial charge in [0, 0.05) is 14.8 Å². The van der Waals surface area contributed by atoms with Crippen molar-refractivity contribution in [2.45, 2.75) is 38.6 Å². The molecule has 0 fully saturated rings. The lowest BCUT2D eigenvalue weighted by Gasteiger charge is -2.14. The van der Waals surface area contributed by atoms with Crippen LogP contribution >= 0.6 is 22.9 Å². The molecule has 0 saturated heterocycles. The van der Waals surface area contributed by atoms with Crippen LogP contribution in [0, 0.1) is 5.82 Å². The van der Waals surface area contributed by atoms with E-state index in [0.717, 1.165) is 0 Å². The Balaban J connectivity index is 1.80. The van der Waals surface area contributed by atoms with Crippen molar-refractivity contribution in [2.24, 2.45) is 0 Å². The Labute approximate surface area is 127 Å². The summed E-state index contributed by atoms with van der Waals surface area (Å²) in [5, 5.41) is 3.78. The number of fused-ring (bicyclic) bond motifs is 1. The SMILES string of the molecule is CC(Nc1cc(Cl)ccc1F)c1cc2c(s1)CCCC2. The molecular formula is C16H17ClFNS. The van der Waals surface area contributed by atoms with Gasteiger partial charge in [0.1, 0.15) is 5.82 Å². The van der Waals surface area contributed by atoms with Crippen LogP contribution < -0.4 is 5.32 Å². The summed E-state index contributed by atoms with van der Waals surface area (Å²) >= 11 is 7.78. The van der Waals surface area contributed by atoms with E-state index in [2.05, 4.69) is 18.3 Å². The molecule has 0 amide bonds.